The van der Waals surface area contributed by atoms with Crippen LogP contribution in [0.5, 0.6) is 0 Å². The van der Waals surface area contributed by atoms with Crippen LogP contribution in [0.3, 0.4) is 0 Å². The van der Waals surface area contributed by atoms with Crippen LogP contribution >= 0.6 is 0 Å². The molecule has 0 saturated carbocycles. The quantitative estimate of drug-likeness (QED) is 0.463. The van der Waals surface area contributed by atoms with Gasteiger partial charge in [-0.1, -0.05) is 50.0 Å². The molecular weight excluding hydrogens is 228 g/mol. The largest absolute Gasteiger partial charge is 0.463 e. The third-order valence-corrected chi connectivity index (χ3v) is 4.49. The Labute approximate surface area is 104 Å². The minimum atomic E-state index is -1.56. The molecule has 1 aromatic carbocycles. The van der Waals surface area contributed by atoms with Crippen molar-refractivity contribution >= 4 is 19.2 Å². The highest BCUT2D eigenvalue weighted by Gasteiger charge is 2.22. The Kier molecular flexibility index (Phi) is 4.69. The molecule has 0 fully saturated rings. The molecule has 1 aromatic rings. The van der Waals surface area contributed by atoms with Gasteiger partial charge in [-0.3, -0.25) is 0 Å². The normalized spacial score (nSPS) is 12.4. The molecule has 0 bridgehead atoms. The van der Waals surface area contributed by atoms with Crippen molar-refractivity contribution in [3.8, 4) is 0 Å². The van der Waals surface area contributed by atoms with E-state index in [1.807, 2.05) is 37.3 Å². The summed E-state index contributed by atoms with van der Waals surface area (Å²) >= 11 is 0. The summed E-state index contributed by atoms with van der Waals surface area (Å²) in [5.41, 5.74) is 1.12. The molecule has 0 aliphatic rings. The fourth-order valence-corrected chi connectivity index (χ4v) is 3.24. The Morgan fingerprint density at radius 1 is 1.24 bits per heavy atom. The minimum absolute atomic E-state index is 0.242. The molecule has 0 aliphatic heterocycles. The third kappa shape index (κ3) is 4.19. The van der Waals surface area contributed by atoms with E-state index in [9.17, 15) is 4.79 Å². The van der Waals surface area contributed by atoms with Gasteiger partial charge in [-0.15, -0.1) is 0 Å². The zero-order chi connectivity index (χ0) is 12.9. The van der Waals surface area contributed by atoms with Crippen LogP contribution in [0.25, 0.3) is 5.20 Å². The lowest BCUT2D eigenvalue weighted by Crippen LogP contribution is -2.24. The van der Waals surface area contributed by atoms with Gasteiger partial charge in [-0.25, -0.2) is 4.79 Å². The van der Waals surface area contributed by atoms with Gasteiger partial charge in [0.05, 0.1) is 14.7 Å². The molecule has 0 saturated heterocycles. The maximum atomic E-state index is 11.6. The molecule has 17 heavy (non-hydrogen) atoms. The van der Waals surface area contributed by atoms with E-state index < -0.39 is 8.07 Å². The van der Waals surface area contributed by atoms with Gasteiger partial charge in [-0.05, 0) is 17.7 Å². The summed E-state index contributed by atoms with van der Waals surface area (Å²) in [6, 6.07) is 10.1. The van der Waals surface area contributed by atoms with Gasteiger partial charge in [0.1, 0.15) is 0 Å². The number of carbonyl (C=O) groups excluding carboxylic acids is 1. The molecule has 0 aliphatic carbocycles. The van der Waals surface area contributed by atoms with Crippen LogP contribution in [0, 0.1) is 0 Å². The molecule has 0 aromatic heterocycles. The fourth-order valence-electron chi connectivity index (χ4n) is 1.65. The first-order valence-electron chi connectivity index (χ1n) is 5.89. The second-order valence-electron chi connectivity index (χ2n) is 4.93. The van der Waals surface area contributed by atoms with Crippen LogP contribution in [0.2, 0.25) is 19.6 Å². The lowest BCUT2D eigenvalue weighted by atomic mass is 10.2. The highest BCUT2D eigenvalue weighted by atomic mass is 28.3. The summed E-state index contributed by atoms with van der Waals surface area (Å²) in [5.74, 6) is -0.242. The van der Waals surface area contributed by atoms with E-state index in [1.54, 1.807) is 6.08 Å². The van der Waals surface area contributed by atoms with E-state index in [0.717, 1.165) is 10.8 Å². The van der Waals surface area contributed by atoms with Crippen LogP contribution in [-0.2, 0) is 9.53 Å². The molecule has 0 unspecified atom stereocenters. The topological polar surface area (TPSA) is 26.3 Å². The molecule has 92 valence electrons. The van der Waals surface area contributed by atoms with Crippen molar-refractivity contribution in [3.05, 3.63) is 42.0 Å². The number of rotatable bonds is 4. The number of hydrogen-bond acceptors (Lipinski definition) is 2. The molecule has 2 nitrogen and oxygen atoms in total. The van der Waals surface area contributed by atoms with Crippen LogP contribution in [0.15, 0.2) is 36.4 Å². The zero-order valence-corrected chi connectivity index (χ0v) is 12.0. The molecular formula is C14H20O2Si. The summed E-state index contributed by atoms with van der Waals surface area (Å²) in [4.78, 5) is 11.6. The van der Waals surface area contributed by atoms with Gasteiger partial charge in [0.25, 0.3) is 0 Å². The molecule has 0 heterocycles. The maximum Gasteiger partial charge on any atom is 0.330 e. The summed E-state index contributed by atoms with van der Waals surface area (Å²) < 4.78 is 5.00. The Morgan fingerprint density at radius 2 is 1.82 bits per heavy atom. The zero-order valence-electron chi connectivity index (χ0n) is 11.0. The first kappa shape index (κ1) is 13.7. The Balaban J connectivity index is 3.10. The number of benzene rings is 1. The van der Waals surface area contributed by atoms with E-state index in [4.69, 9.17) is 4.74 Å². The second kappa shape index (κ2) is 5.82. The summed E-state index contributed by atoms with van der Waals surface area (Å²) in [6.07, 6.45) is 1.66. The molecule has 0 atom stereocenters. The van der Waals surface area contributed by atoms with Crippen molar-refractivity contribution in [2.75, 3.05) is 6.61 Å². The molecule has 3 heteroatoms. The Bertz CT molecular complexity index is 402. The summed E-state index contributed by atoms with van der Waals surface area (Å²) in [7, 11) is -1.56. The van der Waals surface area contributed by atoms with Crippen molar-refractivity contribution in [2.24, 2.45) is 0 Å². The predicted octanol–water partition coefficient (Wildman–Crippen LogP) is 3.51. The average Bonchev–Trinajstić information content (AvgIpc) is 2.26. The van der Waals surface area contributed by atoms with Crippen molar-refractivity contribution in [1.82, 2.24) is 0 Å². The first-order valence-corrected chi connectivity index (χ1v) is 9.39. The van der Waals surface area contributed by atoms with Crippen molar-refractivity contribution in [2.45, 2.75) is 26.6 Å². The molecule has 0 spiro atoms. The standard InChI is InChI=1S/C14H20O2Si/c1-5-16-14(15)11-13(17(2,3)4)12-9-7-6-8-10-12/h6-11H,5H2,1-4H3. The monoisotopic (exact) mass is 248 g/mol. The van der Waals surface area contributed by atoms with Crippen molar-refractivity contribution < 1.29 is 9.53 Å². The van der Waals surface area contributed by atoms with E-state index in [1.165, 1.54) is 0 Å². The molecule has 0 radical (unpaired) electrons. The van der Waals surface area contributed by atoms with Gasteiger partial charge in [0.15, 0.2) is 0 Å². The van der Waals surface area contributed by atoms with Gasteiger partial charge in [0, 0.05) is 6.08 Å². The van der Waals surface area contributed by atoms with Crippen molar-refractivity contribution in [3.63, 3.8) is 0 Å². The van der Waals surface area contributed by atoms with E-state index in [-0.39, 0.29) is 5.97 Å². The highest BCUT2D eigenvalue weighted by molar-refractivity contribution is 6.94. The van der Waals surface area contributed by atoms with E-state index >= 15 is 0 Å². The van der Waals surface area contributed by atoms with Gasteiger partial charge >= 0.3 is 5.97 Å². The lowest BCUT2D eigenvalue weighted by Gasteiger charge is -2.21. The average molecular weight is 248 g/mol. The van der Waals surface area contributed by atoms with E-state index in [0.29, 0.717) is 6.61 Å². The third-order valence-electron chi connectivity index (χ3n) is 2.44. The highest BCUT2D eigenvalue weighted by Crippen LogP contribution is 2.25. The lowest BCUT2D eigenvalue weighted by molar-refractivity contribution is -0.137. The Morgan fingerprint density at radius 3 is 2.29 bits per heavy atom. The van der Waals surface area contributed by atoms with Crippen LogP contribution in [-0.4, -0.2) is 20.7 Å². The smallest absolute Gasteiger partial charge is 0.330 e. The van der Waals surface area contributed by atoms with E-state index in [2.05, 4.69) is 19.6 Å². The molecule has 0 amide bonds. The van der Waals surface area contributed by atoms with Gasteiger partial charge in [0.2, 0.25) is 0 Å². The second-order valence-corrected chi connectivity index (χ2v) is 9.96. The number of esters is 1. The van der Waals surface area contributed by atoms with Crippen LogP contribution in [0.4, 0.5) is 0 Å². The summed E-state index contributed by atoms with van der Waals surface area (Å²) in [6.45, 7) is 8.92. The fraction of sp³-hybridized carbons (Fsp3) is 0.357. The minimum Gasteiger partial charge on any atom is -0.463 e. The Hall–Kier alpha value is -1.35. The maximum absolute atomic E-state index is 11.6. The SMILES string of the molecule is CCOC(=O)C=C(c1ccccc1)[Si](C)(C)C. The summed E-state index contributed by atoms with van der Waals surface area (Å²) in [5, 5.41) is 1.14. The van der Waals surface area contributed by atoms with Gasteiger partial charge < -0.3 is 4.74 Å². The molecule has 0 N–H and O–H groups in total. The number of carbonyl (C=O) groups is 1. The van der Waals surface area contributed by atoms with Gasteiger partial charge in [-0.2, -0.15) is 0 Å². The number of hydrogen-bond donors (Lipinski definition) is 0. The molecule has 1 rings (SSSR count). The van der Waals surface area contributed by atoms with Crippen molar-refractivity contribution in [1.29, 1.82) is 0 Å². The van der Waals surface area contributed by atoms with Crippen LogP contribution < -0.4 is 0 Å². The first-order chi connectivity index (χ1) is 7.95. The predicted molar refractivity (Wildman–Crippen MR) is 74.4 cm³/mol. The van der Waals surface area contributed by atoms with Crippen LogP contribution in [0.1, 0.15) is 12.5 Å². The number of ether oxygens (including phenoxy) is 1.